The van der Waals surface area contributed by atoms with Gasteiger partial charge in [0.1, 0.15) is 0 Å². The second-order valence-corrected chi connectivity index (χ2v) is 13.4. The summed E-state index contributed by atoms with van der Waals surface area (Å²) >= 11 is 0. The van der Waals surface area contributed by atoms with E-state index >= 15 is 0 Å². The van der Waals surface area contributed by atoms with Gasteiger partial charge in [0, 0.05) is 6.61 Å². The summed E-state index contributed by atoms with van der Waals surface area (Å²) in [6.07, 6.45) is 17.0. The molecule has 9 atom stereocenters. The molecule has 3 nitrogen and oxygen atoms in total. The molecule has 0 spiro atoms. The van der Waals surface area contributed by atoms with Gasteiger partial charge in [0.25, 0.3) is 0 Å². The van der Waals surface area contributed by atoms with Crippen molar-refractivity contribution < 1.29 is 14.9 Å². The Morgan fingerprint density at radius 1 is 0.839 bits per heavy atom. The largest absolute Gasteiger partial charge is 0.390 e. The zero-order valence-corrected chi connectivity index (χ0v) is 20.5. The third kappa shape index (κ3) is 3.93. The minimum absolute atomic E-state index is 0.425. The first-order valence-electron chi connectivity index (χ1n) is 13.7. The Morgan fingerprint density at radius 3 is 2.42 bits per heavy atom. The smallest absolute Gasteiger partial charge is 0.0881 e. The molecule has 3 heteroatoms. The molecule has 1 aliphatic heterocycles. The van der Waals surface area contributed by atoms with E-state index in [4.69, 9.17) is 4.74 Å². The molecule has 0 bridgehead atoms. The topological polar surface area (TPSA) is 49.7 Å². The molecule has 1 heterocycles. The summed E-state index contributed by atoms with van der Waals surface area (Å²) in [6, 6.07) is 0. The molecule has 5 rings (SSSR count). The molecular formula is C28H48O3. The summed E-state index contributed by atoms with van der Waals surface area (Å²) in [6.45, 7) is 8.70. The minimum Gasteiger partial charge on any atom is -0.390 e. The van der Waals surface area contributed by atoms with Crippen molar-refractivity contribution in [2.24, 2.45) is 40.4 Å². The second kappa shape index (κ2) is 7.98. The summed E-state index contributed by atoms with van der Waals surface area (Å²) in [5.41, 5.74) is 0.0150. The maximum atomic E-state index is 10.8. The minimum atomic E-state index is -0.552. The zero-order chi connectivity index (χ0) is 21.9. The molecule has 2 N–H and O–H groups in total. The summed E-state index contributed by atoms with van der Waals surface area (Å²) in [7, 11) is 0. The zero-order valence-electron chi connectivity index (χ0n) is 20.5. The highest BCUT2D eigenvalue weighted by Gasteiger charge is 2.60. The van der Waals surface area contributed by atoms with Gasteiger partial charge in [0.05, 0.1) is 17.8 Å². The van der Waals surface area contributed by atoms with E-state index in [-0.39, 0.29) is 0 Å². The highest BCUT2D eigenvalue weighted by molar-refractivity contribution is 5.10. The second-order valence-electron chi connectivity index (χ2n) is 13.4. The van der Waals surface area contributed by atoms with E-state index < -0.39 is 11.2 Å². The average Bonchev–Trinajstić information content (AvgIpc) is 3.05. The Hall–Kier alpha value is -0.120. The Kier molecular flexibility index (Phi) is 5.83. The van der Waals surface area contributed by atoms with Gasteiger partial charge in [-0.05, 0) is 131 Å². The highest BCUT2D eigenvalue weighted by Crippen LogP contribution is 2.68. The fourth-order valence-electron chi connectivity index (χ4n) is 9.73. The molecule has 0 amide bonds. The SMILES string of the molecule is CC12CCC3C(CCC4C[C@@](C)(O)CC[C@@]43C)C1CC[C@@H]2CCCC1(O)CCCOC1. The maximum absolute atomic E-state index is 10.8. The van der Waals surface area contributed by atoms with Crippen molar-refractivity contribution in [1.29, 1.82) is 0 Å². The van der Waals surface area contributed by atoms with Crippen LogP contribution in [0.25, 0.3) is 0 Å². The predicted octanol–water partition coefficient (Wildman–Crippen LogP) is 6.11. The Morgan fingerprint density at radius 2 is 1.65 bits per heavy atom. The molecule has 0 aromatic rings. The Bertz CT molecular complexity index is 653. The molecule has 31 heavy (non-hydrogen) atoms. The highest BCUT2D eigenvalue weighted by atomic mass is 16.5. The van der Waals surface area contributed by atoms with Crippen molar-refractivity contribution >= 4 is 0 Å². The van der Waals surface area contributed by atoms with Crippen LogP contribution < -0.4 is 0 Å². The number of hydrogen-bond donors (Lipinski definition) is 2. The number of ether oxygens (including phenoxy) is 1. The maximum Gasteiger partial charge on any atom is 0.0881 e. The molecule has 178 valence electrons. The van der Waals surface area contributed by atoms with Crippen LogP contribution in [0.15, 0.2) is 0 Å². The van der Waals surface area contributed by atoms with Gasteiger partial charge in [0.15, 0.2) is 0 Å². The number of hydrogen-bond acceptors (Lipinski definition) is 3. The molecular weight excluding hydrogens is 384 g/mol. The fraction of sp³-hybridized carbons (Fsp3) is 1.00. The molecule has 0 aromatic carbocycles. The summed E-state index contributed by atoms with van der Waals surface area (Å²) in [5, 5.41) is 21.5. The molecule has 5 aliphatic rings. The van der Waals surface area contributed by atoms with Gasteiger partial charge < -0.3 is 14.9 Å². The van der Waals surface area contributed by atoms with Crippen molar-refractivity contribution in [1.82, 2.24) is 0 Å². The van der Waals surface area contributed by atoms with Crippen molar-refractivity contribution in [3.63, 3.8) is 0 Å². The van der Waals surface area contributed by atoms with Gasteiger partial charge in [-0.2, -0.15) is 0 Å². The quantitative estimate of drug-likeness (QED) is 0.563. The van der Waals surface area contributed by atoms with E-state index in [9.17, 15) is 10.2 Å². The number of aliphatic hydroxyl groups is 2. The average molecular weight is 433 g/mol. The van der Waals surface area contributed by atoms with Gasteiger partial charge in [-0.3, -0.25) is 0 Å². The van der Waals surface area contributed by atoms with E-state index in [1.807, 2.05) is 0 Å². The monoisotopic (exact) mass is 432 g/mol. The van der Waals surface area contributed by atoms with Crippen LogP contribution in [0.4, 0.5) is 0 Å². The van der Waals surface area contributed by atoms with Gasteiger partial charge in [-0.25, -0.2) is 0 Å². The van der Waals surface area contributed by atoms with Crippen LogP contribution in [0.3, 0.4) is 0 Å². The molecule has 1 saturated heterocycles. The molecule has 0 radical (unpaired) electrons. The molecule has 4 aliphatic carbocycles. The lowest BCUT2D eigenvalue weighted by molar-refractivity contribution is -0.146. The molecule has 4 saturated carbocycles. The first-order chi connectivity index (χ1) is 14.7. The first kappa shape index (κ1) is 22.7. The summed E-state index contributed by atoms with van der Waals surface area (Å²) < 4.78 is 5.57. The van der Waals surface area contributed by atoms with Crippen molar-refractivity contribution in [2.45, 2.75) is 122 Å². The predicted molar refractivity (Wildman–Crippen MR) is 125 cm³/mol. The van der Waals surface area contributed by atoms with E-state index in [1.165, 1.54) is 51.4 Å². The molecule has 0 aromatic heterocycles. The number of rotatable bonds is 4. The fourth-order valence-corrected chi connectivity index (χ4v) is 9.73. The Balaban J connectivity index is 1.23. The lowest BCUT2D eigenvalue weighted by atomic mass is 9.44. The van der Waals surface area contributed by atoms with Crippen molar-refractivity contribution in [3.8, 4) is 0 Å². The third-order valence-electron chi connectivity index (χ3n) is 11.6. The molecule has 5 fully saturated rings. The van der Waals surface area contributed by atoms with E-state index in [1.54, 1.807) is 0 Å². The van der Waals surface area contributed by atoms with Crippen LogP contribution in [0.1, 0.15) is 111 Å². The van der Waals surface area contributed by atoms with Gasteiger partial charge in [-0.15, -0.1) is 0 Å². The number of fused-ring (bicyclic) bond motifs is 5. The van der Waals surface area contributed by atoms with Gasteiger partial charge >= 0.3 is 0 Å². The standard InChI is InChI=1S/C28H48O3/c1-25(29)15-16-27(3)21(18-25)7-9-22-23-10-8-20(26(23,2)14-11-24(22)27)6-4-12-28(30)13-5-17-31-19-28/h20-24,29-30H,4-19H2,1-3H3/t20-,21?,22?,23?,24?,25-,26?,27-,28?/m0/s1. The van der Waals surface area contributed by atoms with E-state index in [0.717, 1.165) is 74.7 Å². The van der Waals surface area contributed by atoms with Crippen molar-refractivity contribution in [2.75, 3.05) is 13.2 Å². The molecule has 6 unspecified atom stereocenters. The summed E-state index contributed by atoms with van der Waals surface area (Å²) in [5.74, 6) is 4.31. The van der Waals surface area contributed by atoms with E-state index in [0.29, 0.717) is 17.4 Å². The van der Waals surface area contributed by atoms with Crippen LogP contribution in [0.5, 0.6) is 0 Å². The van der Waals surface area contributed by atoms with Crippen molar-refractivity contribution in [3.05, 3.63) is 0 Å². The van der Waals surface area contributed by atoms with Crippen LogP contribution in [0.2, 0.25) is 0 Å². The lowest BCUT2D eigenvalue weighted by Crippen LogP contribution is -2.55. The van der Waals surface area contributed by atoms with Crippen LogP contribution in [0, 0.1) is 40.4 Å². The van der Waals surface area contributed by atoms with E-state index in [2.05, 4.69) is 20.8 Å². The van der Waals surface area contributed by atoms with Crippen LogP contribution in [-0.2, 0) is 4.74 Å². The van der Waals surface area contributed by atoms with Gasteiger partial charge in [-0.1, -0.05) is 20.3 Å². The lowest BCUT2D eigenvalue weighted by Gasteiger charge is -2.62. The van der Waals surface area contributed by atoms with Gasteiger partial charge in [0.2, 0.25) is 0 Å². The Labute approximate surface area is 190 Å². The normalized spacial score (nSPS) is 54.7. The van der Waals surface area contributed by atoms with Crippen LogP contribution >= 0.6 is 0 Å². The third-order valence-corrected chi connectivity index (χ3v) is 11.6. The van der Waals surface area contributed by atoms with Crippen LogP contribution in [-0.4, -0.2) is 34.6 Å². The first-order valence-corrected chi connectivity index (χ1v) is 13.7. The summed E-state index contributed by atoms with van der Waals surface area (Å²) in [4.78, 5) is 0.